The average Bonchev–Trinajstić information content (AvgIpc) is 2.63. The molecule has 0 spiro atoms. The van der Waals surface area contributed by atoms with Gasteiger partial charge in [-0.15, -0.1) is 0 Å². The highest BCUT2D eigenvalue weighted by Gasteiger charge is 2.13. The van der Waals surface area contributed by atoms with Gasteiger partial charge in [0.1, 0.15) is 17.5 Å². The van der Waals surface area contributed by atoms with Crippen LogP contribution in [0.5, 0.6) is 0 Å². The molecule has 0 saturated carbocycles. The molecule has 0 aliphatic rings. The molecule has 0 fully saturated rings. The zero-order valence-corrected chi connectivity index (χ0v) is 16.0. The summed E-state index contributed by atoms with van der Waals surface area (Å²) in [7, 11) is 2.07. The molecule has 4 nitrogen and oxygen atoms in total. The monoisotopic (exact) mass is 346 g/mol. The van der Waals surface area contributed by atoms with E-state index in [2.05, 4.69) is 95.3 Å². The minimum atomic E-state index is 0.781. The van der Waals surface area contributed by atoms with Gasteiger partial charge in [-0.25, -0.2) is 9.97 Å². The van der Waals surface area contributed by atoms with Gasteiger partial charge in [-0.05, 0) is 44.0 Å². The zero-order valence-electron chi connectivity index (χ0n) is 16.0. The summed E-state index contributed by atoms with van der Waals surface area (Å²) in [5.74, 6) is 2.64. The van der Waals surface area contributed by atoms with Crippen LogP contribution >= 0.6 is 0 Å². The highest BCUT2D eigenvalue weighted by atomic mass is 15.2. The van der Waals surface area contributed by atoms with Gasteiger partial charge >= 0.3 is 0 Å². The zero-order chi connectivity index (χ0) is 18.5. The Bertz CT molecular complexity index is 861. The number of benzene rings is 2. The standard InChI is InChI=1S/C22H26N4/c1-5-26(20-13-9-10-17(2)14-20)22-15-21(23-18(3)24-22)25(4)16-19-11-7-6-8-12-19/h6-15H,5,16H2,1-4H3. The third-order valence-corrected chi connectivity index (χ3v) is 4.37. The number of rotatable bonds is 6. The average molecular weight is 346 g/mol. The molecule has 1 aromatic heterocycles. The van der Waals surface area contributed by atoms with Crippen LogP contribution in [-0.4, -0.2) is 23.6 Å². The summed E-state index contributed by atoms with van der Waals surface area (Å²) in [5, 5.41) is 0. The van der Waals surface area contributed by atoms with E-state index in [4.69, 9.17) is 0 Å². The van der Waals surface area contributed by atoms with E-state index in [-0.39, 0.29) is 0 Å². The summed E-state index contributed by atoms with van der Waals surface area (Å²) in [6.07, 6.45) is 0. The molecule has 0 unspecified atom stereocenters. The Kier molecular flexibility index (Phi) is 5.52. The molecule has 0 aliphatic heterocycles. The van der Waals surface area contributed by atoms with Gasteiger partial charge in [-0.3, -0.25) is 0 Å². The van der Waals surface area contributed by atoms with E-state index in [1.165, 1.54) is 11.1 Å². The van der Waals surface area contributed by atoms with Gasteiger partial charge in [0, 0.05) is 31.9 Å². The molecule has 0 N–H and O–H groups in total. The number of hydrogen-bond acceptors (Lipinski definition) is 4. The van der Waals surface area contributed by atoms with Crippen molar-refractivity contribution < 1.29 is 0 Å². The van der Waals surface area contributed by atoms with Crippen molar-refractivity contribution in [1.82, 2.24) is 9.97 Å². The van der Waals surface area contributed by atoms with E-state index in [0.29, 0.717) is 0 Å². The maximum absolute atomic E-state index is 4.69. The van der Waals surface area contributed by atoms with Crippen molar-refractivity contribution in [1.29, 1.82) is 0 Å². The van der Waals surface area contributed by atoms with Crippen LogP contribution in [0.15, 0.2) is 60.7 Å². The SMILES string of the molecule is CCN(c1cccc(C)c1)c1cc(N(C)Cc2ccccc2)nc(C)n1. The van der Waals surface area contributed by atoms with Gasteiger partial charge in [-0.2, -0.15) is 0 Å². The fourth-order valence-electron chi connectivity index (χ4n) is 3.08. The maximum Gasteiger partial charge on any atom is 0.138 e. The predicted molar refractivity (Wildman–Crippen MR) is 109 cm³/mol. The fourth-order valence-corrected chi connectivity index (χ4v) is 3.08. The minimum Gasteiger partial charge on any atom is -0.355 e. The van der Waals surface area contributed by atoms with Gasteiger partial charge in [0.05, 0.1) is 0 Å². The van der Waals surface area contributed by atoms with E-state index in [1.54, 1.807) is 0 Å². The summed E-state index contributed by atoms with van der Waals surface area (Å²) >= 11 is 0. The molecule has 2 aromatic carbocycles. The van der Waals surface area contributed by atoms with E-state index >= 15 is 0 Å². The Morgan fingerprint density at radius 1 is 0.846 bits per heavy atom. The largest absolute Gasteiger partial charge is 0.355 e. The quantitative estimate of drug-likeness (QED) is 0.636. The lowest BCUT2D eigenvalue weighted by molar-refractivity contribution is 0.870. The van der Waals surface area contributed by atoms with E-state index in [9.17, 15) is 0 Å². The second kappa shape index (κ2) is 8.00. The molecule has 1 heterocycles. The summed E-state index contributed by atoms with van der Waals surface area (Å²) < 4.78 is 0. The van der Waals surface area contributed by atoms with Crippen LogP contribution in [0.3, 0.4) is 0 Å². The van der Waals surface area contributed by atoms with E-state index in [1.807, 2.05) is 13.0 Å². The molecule has 3 aromatic rings. The Morgan fingerprint density at radius 3 is 2.27 bits per heavy atom. The van der Waals surface area contributed by atoms with Crippen LogP contribution < -0.4 is 9.80 Å². The van der Waals surface area contributed by atoms with Crippen molar-refractivity contribution in [3.8, 4) is 0 Å². The maximum atomic E-state index is 4.69. The molecule has 0 bridgehead atoms. The number of anilines is 3. The van der Waals surface area contributed by atoms with Gasteiger partial charge in [0.2, 0.25) is 0 Å². The van der Waals surface area contributed by atoms with E-state index in [0.717, 1.165) is 36.2 Å². The Balaban J connectivity index is 1.91. The van der Waals surface area contributed by atoms with Gasteiger partial charge in [0.15, 0.2) is 0 Å². The van der Waals surface area contributed by atoms with Crippen LogP contribution in [-0.2, 0) is 6.54 Å². The number of nitrogens with zero attached hydrogens (tertiary/aromatic N) is 4. The Hall–Kier alpha value is -2.88. The Labute approximate surface area is 156 Å². The highest BCUT2D eigenvalue weighted by Crippen LogP contribution is 2.27. The lowest BCUT2D eigenvalue weighted by atomic mass is 10.2. The summed E-state index contributed by atoms with van der Waals surface area (Å²) in [5.41, 5.74) is 3.66. The topological polar surface area (TPSA) is 32.3 Å². The molecule has 0 saturated heterocycles. The highest BCUT2D eigenvalue weighted by molar-refractivity contribution is 5.63. The molecule has 3 rings (SSSR count). The molecule has 26 heavy (non-hydrogen) atoms. The van der Waals surface area contributed by atoms with Gasteiger partial charge in [-0.1, -0.05) is 42.5 Å². The molecular formula is C22H26N4. The normalized spacial score (nSPS) is 10.6. The minimum absolute atomic E-state index is 0.781. The Morgan fingerprint density at radius 2 is 1.58 bits per heavy atom. The number of hydrogen-bond donors (Lipinski definition) is 0. The molecule has 0 amide bonds. The van der Waals surface area contributed by atoms with Crippen LogP contribution in [0.1, 0.15) is 23.9 Å². The van der Waals surface area contributed by atoms with Gasteiger partial charge in [0.25, 0.3) is 0 Å². The number of aryl methyl sites for hydroxylation is 2. The summed E-state index contributed by atoms with van der Waals surface area (Å²) in [6, 6.07) is 21.0. The van der Waals surface area contributed by atoms with Crippen LogP contribution in [0.2, 0.25) is 0 Å². The lowest BCUT2D eigenvalue weighted by Gasteiger charge is -2.25. The van der Waals surface area contributed by atoms with Crippen LogP contribution in [0.25, 0.3) is 0 Å². The molecule has 0 radical (unpaired) electrons. The molecule has 134 valence electrons. The smallest absolute Gasteiger partial charge is 0.138 e. The van der Waals surface area contributed by atoms with Crippen molar-refractivity contribution in [3.05, 3.63) is 77.6 Å². The number of aromatic nitrogens is 2. The van der Waals surface area contributed by atoms with Crippen molar-refractivity contribution in [2.75, 3.05) is 23.4 Å². The van der Waals surface area contributed by atoms with Gasteiger partial charge < -0.3 is 9.80 Å². The molecule has 0 atom stereocenters. The molecule has 0 aliphatic carbocycles. The van der Waals surface area contributed by atoms with Crippen LogP contribution in [0.4, 0.5) is 17.3 Å². The van der Waals surface area contributed by atoms with Crippen LogP contribution in [0, 0.1) is 13.8 Å². The lowest BCUT2D eigenvalue weighted by Crippen LogP contribution is -2.22. The fraction of sp³-hybridized carbons (Fsp3) is 0.273. The molecular weight excluding hydrogens is 320 g/mol. The second-order valence-electron chi connectivity index (χ2n) is 6.56. The predicted octanol–water partition coefficient (Wildman–Crippen LogP) is 4.89. The molecule has 4 heteroatoms. The third kappa shape index (κ3) is 4.20. The van der Waals surface area contributed by atoms with Crippen molar-refractivity contribution in [3.63, 3.8) is 0 Å². The first-order valence-corrected chi connectivity index (χ1v) is 9.01. The van der Waals surface area contributed by atoms with Crippen molar-refractivity contribution >= 4 is 17.3 Å². The summed E-state index contributed by atoms with van der Waals surface area (Å²) in [6.45, 7) is 7.87. The second-order valence-corrected chi connectivity index (χ2v) is 6.56. The van der Waals surface area contributed by atoms with Crippen molar-refractivity contribution in [2.45, 2.75) is 27.3 Å². The van der Waals surface area contributed by atoms with Crippen molar-refractivity contribution in [2.24, 2.45) is 0 Å². The summed E-state index contributed by atoms with van der Waals surface area (Å²) in [4.78, 5) is 13.7. The first kappa shape index (κ1) is 17.9. The third-order valence-electron chi connectivity index (χ3n) is 4.37. The first-order chi connectivity index (χ1) is 12.6. The van der Waals surface area contributed by atoms with E-state index < -0.39 is 0 Å². The first-order valence-electron chi connectivity index (χ1n) is 9.01.